The van der Waals surface area contributed by atoms with E-state index in [1.807, 2.05) is 29.9 Å². The van der Waals surface area contributed by atoms with E-state index in [-0.39, 0.29) is 0 Å². The Labute approximate surface area is 157 Å². The third-order valence-electron chi connectivity index (χ3n) is 4.00. The van der Waals surface area contributed by atoms with Crippen LogP contribution in [-0.4, -0.2) is 22.4 Å². The van der Waals surface area contributed by atoms with Gasteiger partial charge in [0.1, 0.15) is 0 Å². The number of nitrogens with zero attached hydrogens (tertiary/aromatic N) is 4. The first-order valence-electron chi connectivity index (χ1n) is 8.42. The van der Waals surface area contributed by atoms with Crippen molar-refractivity contribution in [2.45, 2.75) is 20.8 Å². The van der Waals surface area contributed by atoms with Crippen LogP contribution in [0, 0.1) is 13.8 Å². The fourth-order valence-corrected chi connectivity index (χ4v) is 3.23. The van der Waals surface area contributed by atoms with Crippen LogP contribution in [0.2, 0.25) is 0 Å². The lowest BCUT2D eigenvalue weighted by atomic mass is 10.1. The zero-order valence-electron chi connectivity index (χ0n) is 15.3. The summed E-state index contributed by atoms with van der Waals surface area (Å²) in [6.07, 6.45) is 5.35. The number of hydrogen-bond donors (Lipinski definition) is 0. The summed E-state index contributed by atoms with van der Waals surface area (Å²) in [6.45, 7) is 10.8. The maximum absolute atomic E-state index is 4.69. The van der Waals surface area contributed by atoms with Crippen molar-refractivity contribution >= 4 is 17.6 Å². The number of pyridine rings is 1. The highest BCUT2D eigenvalue weighted by Crippen LogP contribution is 2.23. The molecular weight excluding hydrogens is 340 g/mol. The second-order valence-electron chi connectivity index (χ2n) is 6.31. The van der Waals surface area contributed by atoms with Crippen molar-refractivity contribution in [3.8, 4) is 11.3 Å². The fraction of sp³-hybridized carbons (Fsp3) is 0.190. The van der Waals surface area contributed by atoms with Gasteiger partial charge in [-0.25, -0.2) is 4.68 Å². The molecule has 3 rings (SSSR count). The van der Waals surface area contributed by atoms with Crippen LogP contribution >= 0.6 is 11.3 Å². The van der Waals surface area contributed by atoms with E-state index < -0.39 is 0 Å². The summed E-state index contributed by atoms with van der Waals surface area (Å²) >= 11 is 1.59. The Morgan fingerprint density at radius 3 is 2.65 bits per heavy atom. The smallest absolute Gasteiger partial charge is 0.206 e. The highest BCUT2D eigenvalue weighted by molar-refractivity contribution is 7.07. The van der Waals surface area contributed by atoms with Gasteiger partial charge in [-0.05, 0) is 55.7 Å². The molecule has 26 heavy (non-hydrogen) atoms. The molecule has 0 aliphatic rings. The number of aromatic nitrogens is 2. The number of hydrogen-bond acceptors (Lipinski definition) is 4. The topological polar surface area (TPSA) is 42.5 Å². The quantitative estimate of drug-likeness (QED) is 0.483. The number of aryl methyl sites for hydroxylation is 2. The van der Waals surface area contributed by atoms with Crippen molar-refractivity contribution in [3.63, 3.8) is 0 Å². The Kier molecular flexibility index (Phi) is 5.58. The lowest BCUT2D eigenvalue weighted by Crippen LogP contribution is -2.13. The molecule has 5 heteroatoms. The van der Waals surface area contributed by atoms with Gasteiger partial charge in [0.05, 0.1) is 18.5 Å². The van der Waals surface area contributed by atoms with Crippen molar-refractivity contribution in [3.05, 3.63) is 81.7 Å². The molecule has 0 saturated carbocycles. The fourth-order valence-electron chi connectivity index (χ4n) is 2.39. The molecule has 2 aromatic heterocycles. The third kappa shape index (κ3) is 4.24. The molecule has 0 aliphatic heterocycles. The summed E-state index contributed by atoms with van der Waals surface area (Å²) < 4.78 is 1.90. The monoisotopic (exact) mass is 362 g/mol. The highest BCUT2D eigenvalue weighted by atomic mass is 32.1. The molecule has 0 bridgehead atoms. The second-order valence-corrected chi connectivity index (χ2v) is 7.15. The third-order valence-corrected chi connectivity index (χ3v) is 4.85. The van der Waals surface area contributed by atoms with Gasteiger partial charge in [-0.2, -0.15) is 5.10 Å². The van der Waals surface area contributed by atoms with E-state index in [4.69, 9.17) is 5.10 Å². The molecule has 0 amide bonds. The normalized spacial score (nSPS) is 12.0. The van der Waals surface area contributed by atoms with Gasteiger partial charge in [-0.3, -0.25) is 9.98 Å². The standard InChI is InChI=1S/C21H22N4S/c1-15(2)12-23-21-25(24-13-18-7-9-22-10-8-18)20(14-26-21)19-6-5-16(3)17(4)11-19/h5-11,13-14H,1,12H2,2-4H3. The first kappa shape index (κ1) is 18.0. The lowest BCUT2D eigenvalue weighted by Gasteiger charge is -2.06. The van der Waals surface area contributed by atoms with Crippen molar-refractivity contribution in [2.75, 3.05) is 6.54 Å². The maximum atomic E-state index is 4.69. The molecule has 132 valence electrons. The molecular formula is C21H22N4S. The van der Waals surface area contributed by atoms with E-state index in [9.17, 15) is 0 Å². The first-order chi connectivity index (χ1) is 12.5. The lowest BCUT2D eigenvalue weighted by molar-refractivity contribution is 0.836. The number of rotatable bonds is 5. The number of thiazole rings is 1. The molecule has 2 heterocycles. The van der Waals surface area contributed by atoms with Crippen LogP contribution in [0.15, 0.2) is 70.4 Å². The average molecular weight is 363 g/mol. The van der Waals surface area contributed by atoms with E-state index in [0.29, 0.717) is 6.54 Å². The molecule has 4 nitrogen and oxygen atoms in total. The molecule has 0 aliphatic carbocycles. The zero-order chi connectivity index (χ0) is 18.5. The Morgan fingerprint density at radius 1 is 1.19 bits per heavy atom. The predicted octanol–water partition coefficient (Wildman–Crippen LogP) is 4.59. The Balaban J connectivity index is 2.09. The van der Waals surface area contributed by atoms with Crippen LogP contribution in [0.25, 0.3) is 11.3 Å². The van der Waals surface area contributed by atoms with Gasteiger partial charge >= 0.3 is 0 Å². The zero-order valence-corrected chi connectivity index (χ0v) is 16.1. The van der Waals surface area contributed by atoms with Gasteiger partial charge in [0, 0.05) is 23.3 Å². The molecule has 3 aromatic rings. The van der Waals surface area contributed by atoms with Gasteiger partial charge in [-0.1, -0.05) is 24.3 Å². The molecule has 0 atom stereocenters. The average Bonchev–Trinajstić information content (AvgIpc) is 3.04. The van der Waals surface area contributed by atoms with Crippen LogP contribution in [0.5, 0.6) is 0 Å². The van der Waals surface area contributed by atoms with E-state index in [1.54, 1.807) is 23.7 Å². The van der Waals surface area contributed by atoms with Crippen molar-refractivity contribution in [1.29, 1.82) is 0 Å². The molecule has 0 radical (unpaired) electrons. The van der Waals surface area contributed by atoms with E-state index in [1.165, 1.54) is 11.1 Å². The summed E-state index contributed by atoms with van der Waals surface area (Å²) in [5, 5.41) is 6.80. The molecule has 0 N–H and O–H groups in total. The molecule has 0 spiro atoms. The van der Waals surface area contributed by atoms with Crippen LogP contribution < -0.4 is 4.80 Å². The van der Waals surface area contributed by atoms with Gasteiger partial charge in [0.15, 0.2) is 0 Å². The van der Waals surface area contributed by atoms with Crippen molar-refractivity contribution in [2.24, 2.45) is 10.1 Å². The first-order valence-corrected chi connectivity index (χ1v) is 9.30. The van der Waals surface area contributed by atoms with Crippen LogP contribution in [0.1, 0.15) is 23.6 Å². The van der Waals surface area contributed by atoms with Gasteiger partial charge < -0.3 is 0 Å². The molecule has 0 fully saturated rings. The number of benzene rings is 1. The van der Waals surface area contributed by atoms with Crippen molar-refractivity contribution < 1.29 is 0 Å². The Bertz CT molecular complexity index is 1010. The Hall–Kier alpha value is -2.79. The summed E-state index contributed by atoms with van der Waals surface area (Å²) in [5.74, 6) is 0. The summed E-state index contributed by atoms with van der Waals surface area (Å²) in [4.78, 5) is 9.56. The van der Waals surface area contributed by atoms with Crippen molar-refractivity contribution in [1.82, 2.24) is 9.66 Å². The van der Waals surface area contributed by atoms with Gasteiger partial charge in [-0.15, -0.1) is 11.3 Å². The second kappa shape index (κ2) is 8.06. The highest BCUT2D eigenvalue weighted by Gasteiger charge is 2.08. The molecule has 0 unspecified atom stereocenters. The molecule has 1 aromatic carbocycles. The summed E-state index contributed by atoms with van der Waals surface area (Å²) in [6, 6.07) is 10.3. The summed E-state index contributed by atoms with van der Waals surface area (Å²) in [7, 11) is 0. The van der Waals surface area contributed by atoms with E-state index >= 15 is 0 Å². The van der Waals surface area contributed by atoms with Crippen LogP contribution in [-0.2, 0) is 0 Å². The minimum atomic E-state index is 0.595. The minimum absolute atomic E-state index is 0.595. The van der Waals surface area contributed by atoms with Crippen LogP contribution in [0.4, 0.5) is 0 Å². The predicted molar refractivity (Wildman–Crippen MR) is 110 cm³/mol. The summed E-state index contributed by atoms with van der Waals surface area (Å²) in [5.41, 5.74) is 6.73. The molecule has 0 saturated heterocycles. The largest absolute Gasteiger partial charge is 0.265 e. The van der Waals surface area contributed by atoms with E-state index in [2.05, 4.69) is 54.0 Å². The van der Waals surface area contributed by atoms with E-state index in [0.717, 1.165) is 27.2 Å². The maximum Gasteiger partial charge on any atom is 0.206 e. The minimum Gasteiger partial charge on any atom is -0.265 e. The van der Waals surface area contributed by atoms with Gasteiger partial charge in [0.2, 0.25) is 4.80 Å². The van der Waals surface area contributed by atoms with Crippen LogP contribution in [0.3, 0.4) is 0 Å². The Morgan fingerprint density at radius 2 is 1.96 bits per heavy atom. The van der Waals surface area contributed by atoms with Gasteiger partial charge in [0.25, 0.3) is 0 Å². The SMILES string of the molecule is C=C(C)CN=c1scc(-c2ccc(C)c(C)c2)n1N=Cc1ccncc1.